The van der Waals surface area contributed by atoms with Crippen LogP contribution in [0.5, 0.6) is 0 Å². The first kappa shape index (κ1) is 38.5. The molecule has 0 aromatic rings. The second-order valence-electron chi connectivity index (χ2n) is 11.1. The Kier molecular flexibility index (Phi) is 28.0. The Balaban J connectivity index is 3.91. The summed E-state index contributed by atoms with van der Waals surface area (Å²) in [5, 5.41) is 43.1. The molecule has 0 bridgehead atoms. The minimum Gasteiger partial charge on any atom is -0.394 e. The molecule has 0 aliphatic carbocycles. The molecule has 0 saturated carbocycles. The van der Waals surface area contributed by atoms with Gasteiger partial charge in [0, 0.05) is 0 Å². The van der Waals surface area contributed by atoms with E-state index in [0.29, 0.717) is 19.3 Å². The Morgan fingerprint density at radius 3 is 1.65 bits per heavy atom. The monoisotopic (exact) mass is 565 g/mol. The van der Waals surface area contributed by atoms with Gasteiger partial charge in [-0.25, -0.2) is 0 Å². The molecule has 0 radical (unpaired) electrons. The average molecular weight is 566 g/mol. The maximum absolute atomic E-state index is 12.4. The number of amides is 1. The van der Waals surface area contributed by atoms with Crippen LogP contribution >= 0.6 is 0 Å². The van der Waals surface area contributed by atoms with E-state index in [4.69, 9.17) is 0 Å². The number of hydrogen-bond donors (Lipinski definition) is 5. The zero-order valence-electron chi connectivity index (χ0n) is 25.8. The fourth-order valence-corrected chi connectivity index (χ4v) is 4.61. The fourth-order valence-electron chi connectivity index (χ4n) is 4.61. The largest absolute Gasteiger partial charge is 0.394 e. The Morgan fingerprint density at radius 2 is 1.10 bits per heavy atom. The summed E-state index contributed by atoms with van der Waals surface area (Å²) < 4.78 is 0. The van der Waals surface area contributed by atoms with Gasteiger partial charge in [0.1, 0.15) is 12.2 Å². The van der Waals surface area contributed by atoms with Gasteiger partial charge in [-0.1, -0.05) is 108 Å². The number of allylic oxidation sites excluding steroid dienone is 6. The van der Waals surface area contributed by atoms with Crippen LogP contribution in [0.15, 0.2) is 36.5 Å². The van der Waals surface area contributed by atoms with Gasteiger partial charge < -0.3 is 25.7 Å². The lowest BCUT2D eigenvalue weighted by Gasteiger charge is -2.27. The van der Waals surface area contributed by atoms with Crippen molar-refractivity contribution >= 4 is 5.91 Å². The third-order valence-electron chi connectivity index (χ3n) is 7.32. The molecule has 4 atom stereocenters. The van der Waals surface area contributed by atoms with Crippen LogP contribution in [-0.4, -0.2) is 57.3 Å². The van der Waals surface area contributed by atoms with Gasteiger partial charge in [0.05, 0.1) is 18.8 Å². The van der Waals surface area contributed by atoms with E-state index in [1.807, 2.05) is 0 Å². The number of nitrogens with one attached hydrogen (secondary N) is 1. The first-order valence-corrected chi connectivity index (χ1v) is 16.4. The van der Waals surface area contributed by atoms with Gasteiger partial charge >= 0.3 is 0 Å². The highest BCUT2D eigenvalue weighted by molar-refractivity contribution is 5.80. The summed E-state index contributed by atoms with van der Waals surface area (Å²) in [6.07, 6.45) is 30.3. The van der Waals surface area contributed by atoms with E-state index in [1.165, 1.54) is 57.8 Å². The van der Waals surface area contributed by atoms with Gasteiger partial charge in [-0.2, -0.15) is 0 Å². The molecule has 40 heavy (non-hydrogen) atoms. The van der Waals surface area contributed by atoms with Crippen molar-refractivity contribution in [2.45, 2.75) is 167 Å². The van der Waals surface area contributed by atoms with Crippen molar-refractivity contribution in [2.24, 2.45) is 0 Å². The molecule has 234 valence electrons. The van der Waals surface area contributed by atoms with Crippen LogP contribution in [0.25, 0.3) is 0 Å². The number of rotatable bonds is 28. The molecule has 6 heteroatoms. The highest BCUT2D eigenvalue weighted by atomic mass is 16.3. The summed E-state index contributed by atoms with van der Waals surface area (Å²) in [6, 6.07) is -1.00. The predicted molar refractivity (Wildman–Crippen MR) is 168 cm³/mol. The third-order valence-corrected chi connectivity index (χ3v) is 7.32. The lowest BCUT2D eigenvalue weighted by atomic mass is 10.00. The number of hydrogen-bond acceptors (Lipinski definition) is 5. The van der Waals surface area contributed by atoms with E-state index in [9.17, 15) is 25.2 Å². The smallest absolute Gasteiger partial charge is 0.249 e. The molecular weight excluding hydrogens is 502 g/mol. The van der Waals surface area contributed by atoms with E-state index in [-0.39, 0.29) is 0 Å². The summed E-state index contributed by atoms with van der Waals surface area (Å²) >= 11 is 0. The number of unbranched alkanes of at least 4 members (excludes halogenated alkanes) is 13. The standard InChI is InChI=1S/C34H63NO5/c1-3-5-7-9-11-13-14-15-16-17-18-19-20-22-24-26-28-32(38)34(40)35-30(29-36)33(39)31(37)27-25-23-21-12-10-8-6-4-2/h11-13,15-16,21,30-33,36-39H,3-10,14,17-20,22-29H2,1-2H3,(H,35,40)/b13-11-,16-15-,21-12+. The maximum Gasteiger partial charge on any atom is 0.249 e. The van der Waals surface area contributed by atoms with Crippen LogP contribution < -0.4 is 5.32 Å². The van der Waals surface area contributed by atoms with Gasteiger partial charge in [-0.3, -0.25) is 4.79 Å². The van der Waals surface area contributed by atoms with Crippen LogP contribution in [0, 0.1) is 0 Å². The molecular formula is C34H63NO5. The molecule has 0 saturated heterocycles. The van der Waals surface area contributed by atoms with E-state index < -0.39 is 36.9 Å². The summed E-state index contributed by atoms with van der Waals surface area (Å²) in [5.41, 5.74) is 0. The normalized spacial score (nSPS) is 15.2. The SMILES string of the molecule is CCCCC/C=C\C/C=C\CCCCCCCCC(O)C(=O)NC(CO)C(O)C(O)CCC/C=C/CCCCC. The molecule has 0 aromatic heterocycles. The second-order valence-corrected chi connectivity index (χ2v) is 11.1. The number of aliphatic hydroxyl groups is 4. The zero-order chi connectivity index (χ0) is 29.7. The van der Waals surface area contributed by atoms with Gasteiger partial charge in [0.15, 0.2) is 0 Å². The van der Waals surface area contributed by atoms with E-state index in [2.05, 4.69) is 55.6 Å². The molecule has 0 spiro atoms. The molecule has 0 aliphatic rings. The van der Waals surface area contributed by atoms with Gasteiger partial charge in [0.25, 0.3) is 0 Å². The summed E-state index contributed by atoms with van der Waals surface area (Å²) in [6.45, 7) is 3.91. The Hall–Kier alpha value is -1.47. The van der Waals surface area contributed by atoms with Crippen LogP contribution in [-0.2, 0) is 4.79 Å². The Bertz CT molecular complexity index is 648. The molecule has 0 heterocycles. The van der Waals surface area contributed by atoms with Crippen LogP contribution in [0.1, 0.15) is 142 Å². The van der Waals surface area contributed by atoms with Crippen molar-refractivity contribution in [2.75, 3.05) is 6.61 Å². The summed E-state index contributed by atoms with van der Waals surface area (Å²) in [4.78, 5) is 12.4. The Labute approximate surface area is 246 Å². The lowest BCUT2D eigenvalue weighted by molar-refractivity contribution is -0.132. The molecule has 0 aromatic carbocycles. The molecule has 0 rings (SSSR count). The second kappa shape index (κ2) is 29.0. The minimum atomic E-state index is -1.28. The van der Waals surface area contributed by atoms with Crippen LogP contribution in [0.2, 0.25) is 0 Å². The van der Waals surface area contributed by atoms with Gasteiger partial charge in [-0.15, -0.1) is 0 Å². The van der Waals surface area contributed by atoms with Gasteiger partial charge in [0.2, 0.25) is 5.91 Å². The van der Waals surface area contributed by atoms with Crippen molar-refractivity contribution in [1.29, 1.82) is 0 Å². The van der Waals surface area contributed by atoms with E-state index in [0.717, 1.165) is 51.4 Å². The van der Waals surface area contributed by atoms with Crippen molar-refractivity contribution in [1.82, 2.24) is 5.32 Å². The predicted octanol–water partition coefficient (Wildman–Crippen LogP) is 7.06. The van der Waals surface area contributed by atoms with Crippen molar-refractivity contribution in [3.63, 3.8) is 0 Å². The van der Waals surface area contributed by atoms with Crippen LogP contribution in [0.3, 0.4) is 0 Å². The first-order chi connectivity index (χ1) is 19.5. The molecule has 0 fully saturated rings. The molecule has 1 amide bonds. The van der Waals surface area contributed by atoms with Gasteiger partial charge in [-0.05, 0) is 70.6 Å². The topological polar surface area (TPSA) is 110 Å². The summed E-state index contributed by atoms with van der Waals surface area (Å²) in [5.74, 6) is -0.608. The zero-order valence-corrected chi connectivity index (χ0v) is 25.8. The van der Waals surface area contributed by atoms with Crippen molar-refractivity contribution in [3.05, 3.63) is 36.5 Å². The minimum absolute atomic E-state index is 0.349. The quantitative estimate of drug-likeness (QED) is 0.0515. The fraction of sp³-hybridized carbons (Fsp3) is 0.794. The van der Waals surface area contributed by atoms with Crippen LogP contribution in [0.4, 0.5) is 0 Å². The third kappa shape index (κ3) is 23.3. The molecule has 0 aliphatic heterocycles. The Morgan fingerprint density at radius 1 is 0.625 bits per heavy atom. The lowest BCUT2D eigenvalue weighted by Crippen LogP contribution is -2.53. The molecule has 5 N–H and O–H groups in total. The highest BCUT2D eigenvalue weighted by Crippen LogP contribution is 2.13. The highest BCUT2D eigenvalue weighted by Gasteiger charge is 2.28. The van der Waals surface area contributed by atoms with E-state index in [1.54, 1.807) is 0 Å². The summed E-state index contributed by atoms with van der Waals surface area (Å²) in [7, 11) is 0. The van der Waals surface area contributed by atoms with E-state index >= 15 is 0 Å². The number of aliphatic hydroxyl groups excluding tert-OH is 4. The first-order valence-electron chi connectivity index (χ1n) is 16.4. The maximum atomic E-state index is 12.4. The van der Waals surface area contributed by atoms with Crippen molar-refractivity contribution in [3.8, 4) is 0 Å². The van der Waals surface area contributed by atoms with Crippen molar-refractivity contribution < 1.29 is 25.2 Å². The number of carbonyl (C=O) groups is 1. The number of carbonyl (C=O) groups excluding carboxylic acids is 1. The average Bonchev–Trinajstić information content (AvgIpc) is 2.96. The molecule has 6 nitrogen and oxygen atoms in total. The molecule has 4 unspecified atom stereocenters.